The van der Waals surface area contributed by atoms with E-state index in [1.807, 2.05) is 20.8 Å². The molecule has 0 aliphatic rings. The Labute approximate surface area is 140 Å². The van der Waals surface area contributed by atoms with Crippen LogP contribution in [0, 0.1) is 0 Å². The number of hydrogen-bond acceptors (Lipinski definition) is 4. The Hall–Kier alpha value is -2.19. The van der Waals surface area contributed by atoms with Crippen LogP contribution >= 0.6 is 0 Å². The molecule has 24 heavy (non-hydrogen) atoms. The van der Waals surface area contributed by atoms with Crippen LogP contribution in [0.3, 0.4) is 0 Å². The number of benzene rings is 1. The van der Waals surface area contributed by atoms with Crippen molar-refractivity contribution in [1.29, 1.82) is 0 Å². The molecule has 0 spiro atoms. The third kappa shape index (κ3) is 4.21. The van der Waals surface area contributed by atoms with E-state index in [0.717, 1.165) is 4.31 Å². The molecule has 7 nitrogen and oxygen atoms in total. The zero-order chi connectivity index (χ0) is 18.1. The predicted molar refractivity (Wildman–Crippen MR) is 92.3 cm³/mol. The smallest absolute Gasteiger partial charge is 0.248 e. The van der Waals surface area contributed by atoms with E-state index in [9.17, 15) is 18.0 Å². The lowest BCUT2D eigenvalue weighted by Gasteiger charge is -2.23. The highest BCUT2D eigenvalue weighted by Crippen LogP contribution is 2.19. The van der Waals surface area contributed by atoms with E-state index in [1.165, 1.54) is 31.3 Å². The van der Waals surface area contributed by atoms with Gasteiger partial charge in [-0.15, -0.1) is 0 Å². The molecule has 2 rings (SSSR count). The van der Waals surface area contributed by atoms with Crippen LogP contribution in [0.2, 0.25) is 0 Å². The highest BCUT2D eigenvalue weighted by Gasteiger charge is 2.24. The molecule has 8 heteroatoms. The van der Waals surface area contributed by atoms with Gasteiger partial charge in [-0.2, -0.15) is 4.31 Å². The number of carbonyl (C=O) groups excluding carboxylic acids is 1. The third-order valence-corrected chi connectivity index (χ3v) is 5.08. The number of aromatic nitrogens is 1. The Morgan fingerprint density at radius 1 is 1.21 bits per heavy atom. The molecule has 1 aromatic heterocycles. The lowest BCUT2D eigenvalue weighted by molar-refractivity contribution is -0.122. The Kier molecular flexibility index (Phi) is 4.82. The fourth-order valence-electron chi connectivity index (χ4n) is 2.22. The molecule has 2 N–H and O–H groups in total. The van der Waals surface area contributed by atoms with Gasteiger partial charge >= 0.3 is 0 Å². The van der Waals surface area contributed by atoms with Crippen molar-refractivity contribution in [2.24, 2.45) is 0 Å². The summed E-state index contributed by atoms with van der Waals surface area (Å²) < 4.78 is 26.2. The fourth-order valence-corrected chi connectivity index (χ4v) is 3.38. The van der Waals surface area contributed by atoms with Gasteiger partial charge in [0.1, 0.15) is 0 Å². The average molecular weight is 351 g/mol. The first-order valence-electron chi connectivity index (χ1n) is 7.39. The first-order valence-corrected chi connectivity index (χ1v) is 8.83. The van der Waals surface area contributed by atoms with Crippen LogP contribution in [0.15, 0.2) is 40.0 Å². The van der Waals surface area contributed by atoms with Crippen molar-refractivity contribution in [1.82, 2.24) is 14.6 Å². The van der Waals surface area contributed by atoms with Gasteiger partial charge in [-0.3, -0.25) is 9.59 Å². The number of nitrogens with one attached hydrogen (secondary N) is 2. The second-order valence-corrected chi connectivity index (χ2v) is 8.68. The molecule has 0 unspecified atom stereocenters. The number of likely N-dealkylation sites (N-methyl/N-ethyl adjacent to an activating group) is 1. The quantitative estimate of drug-likeness (QED) is 0.860. The molecule has 0 fully saturated rings. The number of amides is 1. The molecule has 0 aliphatic heterocycles. The van der Waals surface area contributed by atoms with Crippen molar-refractivity contribution in [2.45, 2.75) is 31.2 Å². The summed E-state index contributed by atoms with van der Waals surface area (Å²) in [6, 6.07) is 7.30. The van der Waals surface area contributed by atoms with Gasteiger partial charge in [0.25, 0.3) is 0 Å². The van der Waals surface area contributed by atoms with E-state index in [0.29, 0.717) is 10.9 Å². The van der Waals surface area contributed by atoms with Crippen LogP contribution in [-0.4, -0.2) is 42.7 Å². The topological polar surface area (TPSA) is 99.3 Å². The molecule has 0 saturated heterocycles. The molecule has 0 saturated carbocycles. The zero-order valence-electron chi connectivity index (χ0n) is 14.1. The zero-order valence-corrected chi connectivity index (χ0v) is 14.9. The standard InChI is InChI=1S/C16H21N3O4S/c1-16(2,3)18-15(21)10-19(4)24(22,23)12-6-7-13-11(9-12)5-8-14(20)17-13/h5-9H,10H2,1-4H3,(H,17,20)(H,18,21). The lowest BCUT2D eigenvalue weighted by Crippen LogP contribution is -2.46. The van der Waals surface area contributed by atoms with Gasteiger partial charge in [-0.1, -0.05) is 0 Å². The maximum atomic E-state index is 12.6. The van der Waals surface area contributed by atoms with Crippen molar-refractivity contribution in [3.05, 3.63) is 40.7 Å². The summed E-state index contributed by atoms with van der Waals surface area (Å²) in [5.41, 5.74) is -0.139. The summed E-state index contributed by atoms with van der Waals surface area (Å²) in [5.74, 6) is -0.376. The second-order valence-electron chi connectivity index (χ2n) is 6.63. The van der Waals surface area contributed by atoms with Crippen molar-refractivity contribution in [3.63, 3.8) is 0 Å². The minimum absolute atomic E-state index is 0.0631. The molecule has 0 atom stereocenters. The lowest BCUT2D eigenvalue weighted by atomic mass is 10.1. The maximum Gasteiger partial charge on any atom is 0.248 e. The molecule has 2 aromatic rings. The van der Waals surface area contributed by atoms with Crippen molar-refractivity contribution in [3.8, 4) is 0 Å². The van der Waals surface area contributed by atoms with E-state index in [4.69, 9.17) is 0 Å². The first kappa shape index (κ1) is 18.2. The van der Waals surface area contributed by atoms with Gasteiger partial charge in [0.2, 0.25) is 21.5 Å². The van der Waals surface area contributed by atoms with Crippen LogP contribution in [0.25, 0.3) is 10.9 Å². The Morgan fingerprint density at radius 2 is 1.88 bits per heavy atom. The Balaban J connectivity index is 2.27. The van der Waals surface area contributed by atoms with Crippen molar-refractivity contribution >= 4 is 26.8 Å². The molecular formula is C16H21N3O4S. The summed E-state index contributed by atoms with van der Waals surface area (Å²) in [4.78, 5) is 25.9. The van der Waals surface area contributed by atoms with Crippen LogP contribution in [-0.2, 0) is 14.8 Å². The Morgan fingerprint density at radius 3 is 2.50 bits per heavy atom. The number of pyridine rings is 1. The maximum absolute atomic E-state index is 12.6. The average Bonchev–Trinajstić information content (AvgIpc) is 2.44. The van der Waals surface area contributed by atoms with Gasteiger partial charge < -0.3 is 10.3 Å². The van der Waals surface area contributed by atoms with Crippen LogP contribution in [0.5, 0.6) is 0 Å². The van der Waals surface area contributed by atoms with Gasteiger partial charge in [0.05, 0.1) is 11.4 Å². The largest absolute Gasteiger partial charge is 0.350 e. The van der Waals surface area contributed by atoms with E-state index in [2.05, 4.69) is 10.3 Å². The number of nitrogens with zero attached hydrogens (tertiary/aromatic N) is 1. The minimum Gasteiger partial charge on any atom is -0.350 e. The van der Waals surface area contributed by atoms with Crippen LogP contribution in [0.1, 0.15) is 20.8 Å². The van der Waals surface area contributed by atoms with Gasteiger partial charge in [0.15, 0.2) is 0 Å². The number of hydrogen-bond donors (Lipinski definition) is 2. The normalized spacial score (nSPS) is 12.5. The number of sulfonamides is 1. The van der Waals surface area contributed by atoms with Crippen molar-refractivity contribution in [2.75, 3.05) is 13.6 Å². The highest BCUT2D eigenvalue weighted by atomic mass is 32.2. The van der Waals surface area contributed by atoms with E-state index < -0.39 is 15.6 Å². The summed E-state index contributed by atoms with van der Waals surface area (Å²) in [5, 5.41) is 3.32. The second kappa shape index (κ2) is 6.37. The highest BCUT2D eigenvalue weighted by molar-refractivity contribution is 7.89. The summed E-state index contributed by atoms with van der Waals surface area (Å²) in [6.07, 6.45) is 0. The van der Waals surface area contributed by atoms with Gasteiger partial charge in [-0.25, -0.2) is 8.42 Å². The molecule has 0 bridgehead atoms. The SMILES string of the molecule is CN(CC(=O)NC(C)(C)C)S(=O)(=O)c1ccc2[nH]c(=O)ccc2c1. The monoisotopic (exact) mass is 351 g/mol. The Bertz CT molecular complexity index is 926. The van der Waals surface area contributed by atoms with Gasteiger partial charge in [-0.05, 0) is 50.4 Å². The summed E-state index contributed by atoms with van der Waals surface area (Å²) in [6.45, 7) is 5.19. The van der Waals surface area contributed by atoms with E-state index in [-0.39, 0.29) is 22.9 Å². The summed E-state index contributed by atoms with van der Waals surface area (Å²) in [7, 11) is -2.45. The molecule has 0 radical (unpaired) electrons. The molecular weight excluding hydrogens is 330 g/mol. The van der Waals surface area contributed by atoms with E-state index >= 15 is 0 Å². The third-order valence-electron chi connectivity index (χ3n) is 3.28. The van der Waals surface area contributed by atoms with Crippen LogP contribution in [0.4, 0.5) is 0 Å². The van der Waals surface area contributed by atoms with Gasteiger partial charge in [0, 0.05) is 24.2 Å². The summed E-state index contributed by atoms with van der Waals surface area (Å²) >= 11 is 0. The number of fused-ring (bicyclic) bond motifs is 1. The van der Waals surface area contributed by atoms with Crippen LogP contribution < -0.4 is 10.9 Å². The molecule has 1 amide bonds. The number of carbonyl (C=O) groups is 1. The number of H-pyrrole nitrogens is 1. The van der Waals surface area contributed by atoms with Crippen molar-refractivity contribution < 1.29 is 13.2 Å². The number of aromatic amines is 1. The number of rotatable bonds is 4. The predicted octanol–water partition coefficient (Wildman–Crippen LogP) is 1.06. The molecule has 1 heterocycles. The minimum atomic E-state index is -3.81. The molecule has 0 aliphatic carbocycles. The fraction of sp³-hybridized carbons (Fsp3) is 0.375. The molecule has 1 aromatic carbocycles. The van der Waals surface area contributed by atoms with E-state index in [1.54, 1.807) is 6.07 Å². The first-order chi connectivity index (χ1) is 11.0. The molecule has 130 valence electrons.